The largest absolute Gasteiger partial charge is 0.297 e. The number of hydrogen-bond donors (Lipinski definition) is 0. The fraction of sp³-hybridized carbons (Fsp3) is 0.261. The first-order valence-corrected chi connectivity index (χ1v) is 9.67. The predicted octanol–water partition coefficient (Wildman–Crippen LogP) is 6.64. The quantitative estimate of drug-likeness (QED) is 0.473. The van der Waals surface area contributed by atoms with Crippen molar-refractivity contribution in [1.82, 2.24) is 0 Å². The van der Waals surface area contributed by atoms with E-state index in [1.54, 1.807) is 11.3 Å². The molecule has 25 heavy (non-hydrogen) atoms. The molecule has 0 aliphatic heterocycles. The second-order valence-corrected chi connectivity index (χ2v) is 7.68. The van der Waals surface area contributed by atoms with Crippen LogP contribution in [0.2, 0.25) is 0 Å². The molecular weight excluding hydrogens is 324 g/mol. The zero-order valence-corrected chi connectivity index (χ0v) is 16.2. The van der Waals surface area contributed by atoms with Gasteiger partial charge in [-0.05, 0) is 72.2 Å². The Hall–Kier alpha value is -2.19. The smallest absolute Gasteiger partial charge is 0.160 e. The minimum Gasteiger partial charge on any atom is -0.297 e. The van der Waals surface area contributed by atoms with Crippen LogP contribution in [0.25, 0.3) is 21.6 Å². The van der Waals surface area contributed by atoms with E-state index in [1.807, 2.05) is 6.07 Å². The summed E-state index contributed by atoms with van der Waals surface area (Å²) in [5.41, 5.74) is 9.16. The van der Waals surface area contributed by atoms with Gasteiger partial charge in [-0.3, -0.25) is 4.79 Å². The summed E-state index contributed by atoms with van der Waals surface area (Å²) in [4.78, 5) is 13.0. The van der Waals surface area contributed by atoms with Gasteiger partial charge in [-0.1, -0.05) is 49.7 Å². The lowest BCUT2D eigenvalue weighted by Crippen LogP contribution is -1.93. The van der Waals surface area contributed by atoms with Crippen LogP contribution in [-0.4, -0.2) is 6.29 Å². The van der Waals surface area contributed by atoms with Crippen molar-refractivity contribution in [2.75, 3.05) is 0 Å². The molecule has 0 radical (unpaired) electrons. The lowest BCUT2D eigenvalue weighted by molar-refractivity contribution is 0.112. The molecule has 0 saturated heterocycles. The van der Waals surface area contributed by atoms with Crippen molar-refractivity contribution in [2.45, 2.75) is 40.5 Å². The van der Waals surface area contributed by atoms with E-state index in [4.69, 9.17) is 0 Å². The molecule has 0 saturated carbocycles. The monoisotopic (exact) mass is 348 g/mol. The molecular formula is C23H24OS. The van der Waals surface area contributed by atoms with Gasteiger partial charge in [0.15, 0.2) is 6.29 Å². The summed E-state index contributed by atoms with van der Waals surface area (Å²) in [5.74, 6) is 0. The molecule has 2 aromatic carbocycles. The third kappa shape index (κ3) is 3.59. The molecule has 0 fully saturated rings. The molecule has 3 rings (SSSR count). The average molecular weight is 349 g/mol. The van der Waals surface area contributed by atoms with Gasteiger partial charge in [-0.25, -0.2) is 0 Å². The highest BCUT2D eigenvalue weighted by atomic mass is 32.1. The summed E-state index contributed by atoms with van der Waals surface area (Å²) in [6.45, 7) is 8.74. The Bertz CT molecular complexity index is 918. The summed E-state index contributed by atoms with van der Waals surface area (Å²) >= 11 is 1.57. The molecule has 0 aliphatic carbocycles. The standard InChI is InChI=1S/C23H24OS/c1-5-17-9-15(3)10-19(12-17)20-11-16(4)23(18(6-2)13-20)22-8-7-21(14-24)25-22/h7-14H,5-6H2,1-4H3. The first-order valence-electron chi connectivity index (χ1n) is 8.85. The van der Waals surface area contributed by atoms with E-state index in [2.05, 4.69) is 64.1 Å². The number of aldehydes is 1. The van der Waals surface area contributed by atoms with Gasteiger partial charge in [0, 0.05) is 4.88 Å². The van der Waals surface area contributed by atoms with Crippen molar-refractivity contribution < 1.29 is 4.79 Å². The van der Waals surface area contributed by atoms with Crippen molar-refractivity contribution in [1.29, 1.82) is 0 Å². The maximum Gasteiger partial charge on any atom is 0.160 e. The van der Waals surface area contributed by atoms with E-state index in [-0.39, 0.29) is 0 Å². The lowest BCUT2D eigenvalue weighted by atomic mass is 9.91. The molecule has 2 heteroatoms. The average Bonchev–Trinajstić information content (AvgIpc) is 3.08. The van der Waals surface area contributed by atoms with Gasteiger partial charge in [0.25, 0.3) is 0 Å². The Morgan fingerprint density at radius 2 is 1.68 bits per heavy atom. The van der Waals surface area contributed by atoms with Gasteiger partial charge in [0.2, 0.25) is 0 Å². The van der Waals surface area contributed by atoms with Gasteiger partial charge in [0.1, 0.15) is 0 Å². The highest BCUT2D eigenvalue weighted by Gasteiger charge is 2.13. The fourth-order valence-corrected chi connectivity index (χ4v) is 4.41. The van der Waals surface area contributed by atoms with Gasteiger partial charge < -0.3 is 0 Å². The number of benzene rings is 2. The zero-order valence-electron chi connectivity index (χ0n) is 15.3. The van der Waals surface area contributed by atoms with Crippen molar-refractivity contribution in [3.05, 3.63) is 69.6 Å². The summed E-state index contributed by atoms with van der Waals surface area (Å²) < 4.78 is 0. The van der Waals surface area contributed by atoms with Crippen LogP contribution >= 0.6 is 11.3 Å². The second-order valence-electron chi connectivity index (χ2n) is 6.56. The molecule has 1 nitrogen and oxygen atoms in total. The third-order valence-electron chi connectivity index (χ3n) is 4.67. The number of hydrogen-bond acceptors (Lipinski definition) is 2. The summed E-state index contributed by atoms with van der Waals surface area (Å²) in [7, 11) is 0. The molecule has 0 atom stereocenters. The molecule has 0 bridgehead atoms. The SMILES string of the molecule is CCc1cc(C)cc(-c2cc(C)c(-c3ccc(C=O)s3)c(CC)c2)c1. The van der Waals surface area contributed by atoms with Crippen LogP contribution in [-0.2, 0) is 12.8 Å². The molecule has 1 aromatic heterocycles. The van der Waals surface area contributed by atoms with Crippen molar-refractivity contribution in [3.63, 3.8) is 0 Å². The summed E-state index contributed by atoms with van der Waals surface area (Å²) in [6, 6.07) is 15.4. The van der Waals surface area contributed by atoms with E-state index in [1.165, 1.54) is 43.8 Å². The van der Waals surface area contributed by atoms with Crippen molar-refractivity contribution in [3.8, 4) is 21.6 Å². The van der Waals surface area contributed by atoms with Gasteiger partial charge in [-0.2, -0.15) is 0 Å². The maximum absolute atomic E-state index is 11.0. The summed E-state index contributed by atoms with van der Waals surface area (Å²) in [5, 5.41) is 0. The van der Waals surface area contributed by atoms with E-state index < -0.39 is 0 Å². The number of carbonyl (C=O) groups excluding carboxylic acids is 1. The van der Waals surface area contributed by atoms with Crippen molar-refractivity contribution in [2.24, 2.45) is 0 Å². The number of carbonyl (C=O) groups is 1. The van der Waals surface area contributed by atoms with Gasteiger partial charge in [-0.15, -0.1) is 11.3 Å². The van der Waals surface area contributed by atoms with Crippen LogP contribution in [0.4, 0.5) is 0 Å². The normalized spacial score (nSPS) is 10.9. The Balaban J connectivity index is 2.14. The minimum absolute atomic E-state index is 0.784. The Morgan fingerprint density at radius 1 is 0.920 bits per heavy atom. The van der Waals surface area contributed by atoms with E-state index >= 15 is 0 Å². The molecule has 0 unspecified atom stereocenters. The Kier molecular flexibility index (Phi) is 5.19. The topological polar surface area (TPSA) is 17.1 Å². The van der Waals surface area contributed by atoms with Crippen LogP contribution in [0.15, 0.2) is 42.5 Å². The van der Waals surface area contributed by atoms with E-state index in [9.17, 15) is 4.79 Å². The number of rotatable bonds is 5. The molecule has 3 aromatic rings. The van der Waals surface area contributed by atoms with E-state index in [0.29, 0.717) is 0 Å². The van der Waals surface area contributed by atoms with Crippen LogP contribution < -0.4 is 0 Å². The number of thiophene rings is 1. The Morgan fingerprint density at radius 3 is 2.32 bits per heavy atom. The Labute approximate surface area is 154 Å². The zero-order chi connectivity index (χ0) is 18.0. The van der Waals surface area contributed by atoms with Crippen LogP contribution in [0, 0.1) is 13.8 Å². The lowest BCUT2D eigenvalue weighted by Gasteiger charge is -2.15. The molecule has 0 amide bonds. The van der Waals surface area contributed by atoms with Crippen molar-refractivity contribution >= 4 is 17.6 Å². The van der Waals surface area contributed by atoms with Gasteiger partial charge >= 0.3 is 0 Å². The van der Waals surface area contributed by atoms with Crippen LogP contribution in [0.1, 0.15) is 45.8 Å². The number of aryl methyl sites for hydroxylation is 4. The molecule has 1 heterocycles. The molecule has 0 aliphatic rings. The maximum atomic E-state index is 11.0. The highest BCUT2D eigenvalue weighted by Crippen LogP contribution is 2.36. The van der Waals surface area contributed by atoms with Crippen LogP contribution in [0.3, 0.4) is 0 Å². The fourth-order valence-electron chi connectivity index (χ4n) is 3.44. The van der Waals surface area contributed by atoms with Gasteiger partial charge in [0.05, 0.1) is 4.88 Å². The predicted molar refractivity (Wildman–Crippen MR) is 109 cm³/mol. The minimum atomic E-state index is 0.784. The second kappa shape index (κ2) is 7.37. The first-order chi connectivity index (χ1) is 12.0. The molecule has 0 N–H and O–H groups in total. The molecule has 0 spiro atoms. The summed E-state index contributed by atoms with van der Waals surface area (Å²) in [6.07, 6.45) is 2.96. The van der Waals surface area contributed by atoms with E-state index in [0.717, 1.165) is 24.0 Å². The third-order valence-corrected chi connectivity index (χ3v) is 5.69. The van der Waals surface area contributed by atoms with Crippen LogP contribution in [0.5, 0.6) is 0 Å². The first kappa shape index (κ1) is 17.6. The molecule has 128 valence electrons. The highest BCUT2D eigenvalue weighted by molar-refractivity contribution is 7.17.